The van der Waals surface area contributed by atoms with Crippen LogP contribution in [0.4, 0.5) is 14.5 Å². The van der Waals surface area contributed by atoms with E-state index in [0.717, 1.165) is 0 Å². The number of aromatic nitrogens is 3. The number of carbonyl (C=O) groups excluding carboxylic acids is 2. The van der Waals surface area contributed by atoms with E-state index in [1.165, 1.54) is 42.0 Å². The van der Waals surface area contributed by atoms with Gasteiger partial charge in [0.2, 0.25) is 12.0 Å². The number of fused-ring (bicyclic) bond motifs is 2. The number of rotatable bonds is 8. The van der Waals surface area contributed by atoms with Crippen LogP contribution in [0.15, 0.2) is 89.9 Å². The Morgan fingerprint density at radius 3 is 2.47 bits per heavy atom. The van der Waals surface area contributed by atoms with Crippen LogP contribution < -0.4 is 15.4 Å². The van der Waals surface area contributed by atoms with E-state index in [0.29, 0.717) is 17.7 Å². The number of hydrogen-bond acceptors (Lipinski definition) is 7. The van der Waals surface area contributed by atoms with E-state index < -0.39 is 29.6 Å². The molecule has 10 nitrogen and oxygen atoms in total. The van der Waals surface area contributed by atoms with Gasteiger partial charge in [-0.05, 0) is 24.3 Å². The molecule has 12 heteroatoms. The Morgan fingerprint density at radius 2 is 1.67 bits per heavy atom. The number of methoxy groups -OCH3 is 1. The molecule has 5 aromatic rings. The first kappa shape index (κ1) is 27.7. The number of benzene rings is 3. The quantitative estimate of drug-likeness (QED) is 0.264. The van der Waals surface area contributed by atoms with Crippen LogP contribution in [0.2, 0.25) is 0 Å². The Morgan fingerprint density at radius 1 is 0.930 bits per heavy atom. The van der Waals surface area contributed by atoms with Crippen LogP contribution in [-0.2, 0) is 9.53 Å². The molecule has 1 aliphatic rings. The molecule has 1 atom stereocenters. The van der Waals surface area contributed by atoms with Crippen molar-refractivity contribution in [2.45, 2.75) is 6.17 Å². The number of imidazole rings is 1. The summed E-state index contributed by atoms with van der Waals surface area (Å²) in [4.78, 5) is 36.4. The second-order valence-electron chi connectivity index (χ2n) is 9.44. The van der Waals surface area contributed by atoms with Gasteiger partial charge in [0.1, 0.15) is 23.9 Å². The molecule has 43 heavy (non-hydrogen) atoms. The summed E-state index contributed by atoms with van der Waals surface area (Å²) in [5.74, 6) is -2.70. The average Bonchev–Trinajstić information content (AvgIpc) is 3.33. The Labute approximate surface area is 244 Å². The molecule has 2 amide bonds. The summed E-state index contributed by atoms with van der Waals surface area (Å²) >= 11 is 0. The van der Waals surface area contributed by atoms with Gasteiger partial charge in [-0.3, -0.25) is 9.59 Å². The second-order valence-corrected chi connectivity index (χ2v) is 9.44. The molecule has 6 rings (SSSR count). The highest BCUT2D eigenvalue weighted by atomic mass is 19.1. The predicted octanol–water partition coefficient (Wildman–Crippen LogP) is 4.25. The van der Waals surface area contributed by atoms with Gasteiger partial charge in [-0.15, -0.1) is 5.10 Å². The molecule has 3 heterocycles. The number of hydrogen-bond donors (Lipinski definition) is 2. The van der Waals surface area contributed by atoms with Crippen molar-refractivity contribution in [1.82, 2.24) is 19.9 Å². The summed E-state index contributed by atoms with van der Waals surface area (Å²) in [6.45, 7) is 0.501. The van der Waals surface area contributed by atoms with E-state index in [1.807, 2.05) is 6.07 Å². The zero-order chi connectivity index (χ0) is 29.9. The molecule has 0 unspecified atom stereocenters. The number of benzodiazepines with no additional fused rings is 1. The second kappa shape index (κ2) is 11.8. The number of aliphatic imine (C=N–C) groups is 1. The van der Waals surface area contributed by atoms with Crippen LogP contribution in [0.5, 0.6) is 5.88 Å². The number of ether oxygens (including phenoxy) is 2. The lowest BCUT2D eigenvalue weighted by Crippen LogP contribution is -2.43. The molecule has 1 aliphatic heterocycles. The Hall–Kier alpha value is -5.49. The first-order chi connectivity index (χ1) is 20.9. The highest BCUT2D eigenvalue weighted by Crippen LogP contribution is 2.29. The fraction of sp³-hybridized carbons (Fsp3) is 0.129. The van der Waals surface area contributed by atoms with Crippen LogP contribution >= 0.6 is 0 Å². The lowest BCUT2D eigenvalue weighted by Gasteiger charge is -2.14. The standard InChI is InChI=1S/C31H24F2N6O4/c1-42-16-17-43-24-15-14-23-34-27(19-10-5-6-12-21(19)32)28(39(23)38-24)30(40)37-29-31(41)36-26-20(11-7-13-22(26)33)25(35-29)18-8-3-2-4-9-18/h2-15,29H,16-17H2,1H3,(H,36,41)(H,37,40)/t29-/m1/s1. The average molecular weight is 583 g/mol. The molecule has 2 N–H and O–H groups in total. The van der Waals surface area contributed by atoms with Crippen molar-refractivity contribution in [3.63, 3.8) is 0 Å². The minimum Gasteiger partial charge on any atom is -0.474 e. The van der Waals surface area contributed by atoms with Gasteiger partial charge in [-0.25, -0.2) is 23.3 Å². The third-order valence-corrected chi connectivity index (χ3v) is 6.67. The minimum atomic E-state index is -1.49. The molecule has 0 spiro atoms. The molecule has 0 saturated heterocycles. The third-order valence-electron chi connectivity index (χ3n) is 6.67. The van der Waals surface area contributed by atoms with Gasteiger partial charge in [0, 0.05) is 29.9 Å². The van der Waals surface area contributed by atoms with Crippen LogP contribution in [0.25, 0.3) is 16.9 Å². The number of carbonyl (C=O) groups is 2. The summed E-state index contributed by atoms with van der Waals surface area (Å²) < 4.78 is 41.7. The topological polar surface area (TPSA) is 119 Å². The fourth-order valence-corrected chi connectivity index (χ4v) is 4.68. The summed E-state index contributed by atoms with van der Waals surface area (Å²) in [7, 11) is 1.53. The molecule has 0 saturated carbocycles. The van der Waals surface area contributed by atoms with E-state index in [9.17, 15) is 18.4 Å². The first-order valence-electron chi connectivity index (χ1n) is 13.2. The van der Waals surface area contributed by atoms with E-state index in [1.54, 1.807) is 48.5 Å². The van der Waals surface area contributed by atoms with Crippen LogP contribution in [0.3, 0.4) is 0 Å². The maximum atomic E-state index is 15.0. The van der Waals surface area contributed by atoms with Crippen LogP contribution in [-0.4, -0.2) is 58.6 Å². The molecule has 0 radical (unpaired) electrons. The summed E-state index contributed by atoms with van der Waals surface area (Å²) in [6.07, 6.45) is -1.49. The number of amides is 2. The van der Waals surface area contributed by atoms with Gasteiger partial charge in [0.05, 0.1) is 18.0 Å². The van der Waals surface area contributed by atoms with Crippen LogP contribution in [0.1, 0.15) is 21.6 Å². The van der Waals surface area contributed by atoms with Crippen LogP contribution in [0, 0.1) is 11.6 Å². The highest BCUT2D eigenvalue weighted by Gasteiger charge is 2.32. The number of anilines is 1. The van der Waals surface area contributed by atoms with Crippen molar-refractivity contribution >= 4 is 28.9 Å². The van der Waals surface area contributed by atoms with Gasteiger partial charge in [0.15, 0.2) is 11.3 Å². The van der Waals surface area contributed by atoms with E-state index >= 15 is 0 Å². The normalized spacial score (nSPS) is 14.4. The van der Waals surface area contributed by atoms with Crippen molar-refractivity contribution in [2.24, 2.45) is 4.99 Å². The summed E-state index contributed by atoms with van der Waals surface area (Å²) in [6, 6.07) is 22.2. The number of para-hydroxylation sites is 1. The predicted molar refractivity (Wildman–Crippen MR) is 154 cm³/mol. The smallest absolute Gasteiger partial charge is 0.274 e. The lowest BCUT2D eigenvalue weighted by atomic mass is 10.0. The monoisotopic (exact) mass is 582 g/mol. The van der Waals surface area contributed by atoms with Gasteiger partial charge in [-0.1, -0.05) is 54.6 Å². The lowest BCUT2D eigenvalue weighted by molar-refractivity contribution is -0.117. The SMILES string of the molecule is COCCOc1ccc2nc(-c3ccccc3F)c(C(=O)N[C@H]3N=C(c4ccccc4)c4cccc(F)c4NC3=O)n2n1. The van der Waals surface area contributed by atoms with E-state index in [2.05, 4.69) is 25.7 Å². The Kier molecular flexibility index (Phi) is 7.58. The molecule has 0 aliphatic carbocycles. The number of nitrogens with one attached hydrogen (secondary N) is 2. The van der Waals surface area contributed by atoms with Crippen molar-refractivity contribution in [1.29, 1.82) is 0 Å². The number of nitrogens with zero attached hydrogens (tertiary/aromatic N) is 4. The van der Waals surface area contributed by atoms with Gasteiger partial charge in [-0.2, -0.15) is 0 Å². The Balaban J connectivity index is 1.45. The van der Waals surface area contributed by atoms with Crippen molar-refractivity contribution in [3.05, 3.63) is 113 Å². The third kappa shape index (κ3) is 5.43. The van der Waals surface area contributed by atoms with Crippen molar-refractivity contribution < 1.29 is 27.8 Å². The molecule has 0 bridgehead atoms. The zero-order valence-electron chi connectivity index (χ0n) is 22.8. The van der Waals surface area contributed by atoms with E-state index in [-0.39, 0.29) is 46.5 Å². The molecule has 216 valence electrons. The summed E-state index contributed by atoms with van der Waals surface area (Å²) in [5.41, 5.74) is 1.29. The first-order valence-corrected chi connectivity index (χ1v) is 13.2. The van der Waals surface area contributed by atoms with Crippen molar-refractivity contribution in [2.75, 3.05) is 25.6 Å². The molecule has 2 aromatic heterocycles. The molecule has 0 fully saturated rings. The highest BCUT2D eigenvalue weighted by molar-refractivity contribution is 6.20. The fourth-order valence-electron chi connectivity index (χ4n) is 4.68. The van der Waals surface area contributed by atoms with E-state index in [4.69, 9.17) is 9.47 Å². The zero-order valence-corrected chi connectivity index (χ0v) is 22.8. The number of halogens is 2. The minimum absolute atomic E-state index is 0.00670. The Bertz CT molecular complexity index is 1880. The maximum Gasteiger partial charge on any atom is 0.274 e. The summed E-state index contributed by atoms with van der Waals surface area (Å²) in [5, 5.41) is 9.55. The maximum absolute atomic E-state index is 15.0. The van der Waals surface area contributed by atoms with Gasteiger partial charge in [0.25, 0.3) is 11.8 Å². The van der Waals surface area contributed by atoms with Gasteiger partial charge < -0.3 is 20.1 Å². The molecule has 3 aromatic carbocycles. The molecular formula is C31H24F2N6O4. The largest absolute Gasteiger partial charge is 0.474 e. The molecular weight excluding hydrogens is 558 g/mol. The van der Waals surface area contributed by atoms with Gasteiger partial charge >= 0.3 is 0 Å². The van der Waals surface area contributed by atoms with Crippen molar-refractivity contribution in [3.8, 4) is 17.1 Å².